The van der Waals surface area contributed by atoms with Crippen LogP contribution in [0.25, 0.3) is 11.1 Å². The quantitative estimate of drug-likeness (QED) is 0.583. The van der Waals surface area contributed by atoms with Gasteiger partial charge in [0, 0.05) is 25.7 Å². The molecule has 1 heterocycles. The highest BCUT2D eigenvalue weighted by Gasteiger charge is 2.29. The summed E-state index contributed by atoms with van der Waals surface area (Å²) < 4.78 is 13.6. The number of amides is 1. The summed E-state index contributed by atoms with van der Waals surface area (Å²) in [7, 11) is 3.72. The summed E-state index contributed by atoms with van der Waals surface area (Å²) in [6.45, 7) is 2.31. The summed E-state index contributed by atoms with van der Waals surface area (Å²) in [5, 5.41) is 4.40. The Balaban J connectivity index is 1.38. The summed E-state index contributed by atoms with van der Waals surface area (Å²) in [6.07, 6.45) is 11.7. The maximum absolute atomic E-state index is 12.6. The first-order valence-corrected chi connectivity index (χ1v) is 11.7. The lowest BCUT2D eigenvalue weighted by Crippen LogP contribution is -2.42. The van der Waals surface area contributed by atoms with Crippen LogP contribution in [0.3, 0.4) is 0 Å². The van der Waals surface area contributed by atoms with Crippen molar-refractivity contribution in [3.63, 3.8) is 0 Å². The van der Waals surface area contributed by atoms with E-state index in [1.165, 1.54) is 38.5 Å². The predicted molar refractivity (Wildman–Crippen MR) is 121 cm³/mol. The molecule has 1 aromatic carbocycles. The lowest BCUT2D eigenvalue weighted by atomic mass is 9.80. The molecule has 0 spiro atoms. The van der Waals surface area contributed by atoms with E-state index < -0.39 is 0 Å². The first-order valence-electron chi connectivity index (χ1n) is 11.7. The van der Waals surface area contributed by atoms with Gasteiger partial charge in [-0.15, -0.1) is 0 Å². The number of nitrogens with zero attached hydrogens (tertiary/aromatic N) is 3. The molecule has 2 aliphatic carbocycles. The predicted octanol–water partition coefficient (Wildman–Crippen LogP) is 5.56. The zero-order chi connectivity index (χ0) is 21.8. The van der Waals surface area contributed by atoms with Crippen molar-refractivity contribution in [2.75, 3.05) is 7.05 Å². The van der Waals surface area contributed by atoms with Gasteiger partial charge in [-0.2, -0.15) is 5.10 Å². The fourth-order valence-electron chi connectivity index (χ4n) is 4.60. The molecule has 6 nitrogen and oxygen atoms in total. The molecular formula is C25H35N3O3. The van der Waals surface area contributed by atoms with E-state index >= 15 is 0 Å². The molecule has 0 bridgehead atoms. The normalized spacial score (nSPS) is 18.3. The summed E-state index contributed by atoms with van der Waals surface area (Å²) in [5.41, 5.74) is 2.92. The summed E-state index contributed by atoms with van der Waals surface area (Å²) in [6, 6.07) is 8.39. The summed E-state index contributed by atoms with van der Waals surface area (Å²) >= 11 is 0. The summed E-state index contributed by atoms with van der Waals surface area (Å²) in [5.74, 6) is 1.51. The van der Waals surface area contributed by atoms with E-state index in [9.17, 15) is 4.79 Å². The molecule has 6 heteroatoms. The van der Waals surface area contributed by atoms with E-state index in [1.807, 2.05) is 32.4 Å². The minimum atomic E-state index is -0.275. The maximum Gasteiger partial charge on any atom is 0.410 e. The fourth-order valence-corrected chi connectivity index (χ4v) is 4.60. The average Bonchev–Trinajstić information content (AvgIpc) is 3.11. The number of rotatable bonds is 7. The molecule has 4 rings (SSSR count). The Hall–Kier alpha value is -2.50. The van der Waals surface area contributed by atoms with E-state index in [0.717, 1.165) is 35.4 Å². The Bertz CT molecular complexity index is 867. The number of hydrogen-bond donors (Lipinski definition) is 0. The molecular weight excluding hydrogens is 390 g/mol. The standard InChI is InChI=1S/C25H35N3O3/c1-18(19-8-7-9-19)27(2)25(29)30-17-24-23(16-26-28(24)3)20-12-14-22(15-13-20)31-21-10-5-4-6-11-21/h12-16,18-19,21H,4-11,17H2,1-3H3/t18-/m0/s1. The Morgan fingerprint density at radius 1 is 1.13 bits per heavy atom. The Kier molecular flexibility index (Phi) is 6.83. The lowest BCUT2D eigenvalue weighted by molar-refractivity contribution is 0.0690. The number of aromatic nitrogens is 2. The van der Waals surface area contributed by atoms with E-state index in [2.05, 4.69) is 24.2 Å². The fraction of sp³-hybridized carbons (Fsp3) is 0.600. The van der Waals surface area contributed by atoms with Crippen molar-refractivity contribution in [2.45, 2.75) is 77.0 Å². The van der Waals surface area contributed by atoms with Crippen molar-refractivity contribution in [1.82, 2.24) is 14.7 Å². The smallest absolute Gasteiger partial charge is 0.410 e. The van der Waals surface area contributed by atoms with Crippen LogP contribution in [-0.4, -0.2) is 40.0 Å². The molecule has 0 N–H and O–H groups in total. The molecule has 168 valence electrons. The van der Waals surface area contributed by atoms with E-state index in [0.29, 0.717) is 12.0 Å². The molecule has 0 saturated heterocycles. The number of hydrogen-bond acceptors (Lipinski definition) is 4. The topological polar surface area (TPSA) is 56.6 Å². The van der Waals surface area contributed by atoms with Gasteiger partial charge in [-0.1, -0.05) is 25.0 Å². The number of carbonyl (C=O) groups is 1. The number of carbonyl (C=O) groups excluding carboxylic acids is 1. The van der Waals surface area contributed by atoms with Crippen molar-refractivity contribution >= 4 is 6.09 Å². The van der Waals surface area contributed by atoms with Gasteiger partial charge in [0.2, 0.25) is 0 Å². The molecule has 2 aliphatic rings. The largest absolute Gasteiger partial charge is 0.490 e. The molecule has 2 aromatic rings. The van der Waals surface area contributed by atoms with Crippen LogP contribution >= 0.6 is 0 Å². The molecule has 0 aliphatic heterocycles. The van der Waals surface area contributed by atoms with Crippen molar-refractivity contribution in [3.05, 3.63) is 36.2 Å². The molecule has 2 fully saturated rings. The van der Waals surface area contributed by atoms with Gasteiger partial charge in [0.15, 0.2) is 0 Å². The van der Waals surface area contributed by atoms with Crippen molar-refractivity contribution in [2.24, 2.45) is 13.0 Å². The first kappa shape index (κ1) is 21.7. The molecule has 0 radical (unpaired) electrons. The van der Waals surface area contributed by atoms with Gasteiger partial charge in [-0.05, 0) is 69.1 Å². The Morgan fingerprint density at radius 2 is 1.84 bits per heavy atom. The number of benzene rings is 1. The third-order valence-electron chi connectivity index (χ3n) is 7.15. The zero-order valence-corrected chi connectivity index (χ0v) is 19.0. The number of aryl methyl sites for hydroxylation is 1. The average molecular weight is 426 g/mol. The third-order valence-corrected chi connectivity index (χ3v) is 7.15. The second-order valence-corrected chi connectivity index (χ2v) is 9.13. The van der Waals surface area contributed by atoms with Crippen LogP contribution in [0.15, 0.2) is 30.5 Å². The molecule has 2 saturated carbocycles. The van der Waals surface area contributed by atoms with Crippen LogP contribution in [-0.2, 0) is 18.4 Å². The highest BCUT2D eigenvalue weighted by molar-refractivity contribution is 5.69. The highest BCUT2D eigenvalue weighted by Crippen LogP contribution is 2.32. The van der Waals surface area contributed by atoms with Gasteiger partial charge < -0.3 is 14.4 Å². The minimum Gasteiger partial charge on any atom is -0.490 e. The van der Waals surface area contributed by atoms with Crippen molar-refractivity contribution < 1.29 is 14.3 Å². The summed E-state index contributed by atoms with van der Waals surface area (Å²) in [4.78, 5) is 14.3. The van der Waals surface area contributed by atoms with Crippen molar-refractivity contribution in [1.29, 1.82) is 0 Å². The number of ether oxygens (including phenoxy) is 2. The van der Waals surface area contributed by atoms with Crippen LogP contribution in [0.5, 0.6) is 5.75 Å². The second-order valence-electron chi connectivity index (χ2n) is 9.13. The van der Waals surface area contributed by atoms with Gasteiger partial charge >= 0.3 is 6.09 Å². The SMILES string of the molecule is C[C@@H](C1CCC1)N(C)C(=O)OCc1c(-c2ccc(OC3CCCCC3)cc2)cnn1C. The van der Waals surface area contributed by atoms with Crippen LogP contribution in [0.1, 0.15) is 64.0 Å². The molecule has 1 aromatic heterocycles. The highest BCUT2D eigenvalue weighted by atomic mass is 16.6. The molecule has 1 atom stereocenters. The molecule has 0 unspecified atom stereocenters. The van der Waals surface area contributed by atoms with E-state index in [-0.39, 0.29) is 18.7 Å². The van der Waals surface area contributed by atoms with Gasteiger partial charge in [0.25, 0.3) is 0 Å². The first-order chi connectivity index (χ1) is 15.0. The Labute approximate surface area is 185 Å². The van der Waals surface area contributed by atoms with E-state index in [1.54, 1.807) is 9.58 Å². The van der Waals surface area contributed by atoms with Crippen LogP contribution in [0.4, 0.5) is 4.79 Å². The third kappa shape index (κ3) is 5.05. The van der Waals surface area contributed by atoms with Crippen LogP contribution in [0, 0.1) is 5.92 Å². The minimum absolute atomic E-state index is 0.201. The van der Waals surface area contributed by atoms with Gasteiger partial charge in [-0.25, -0.2) is 4.79 Å². The lowest BCUT2D eigenvalue weighted by Gasteiger charge is -2.36. The van der Waals surface area contributed by atoms with Crippen LogP contribution < -0.4 is 4.74 Å². The van der Waals surface area contributed by atoms with Gasteiger partial charge in [-0.3, -0.25) is 4.68 Å². The monoisotopic (exact) mass is 425 g/mol. The van der Waals surface area contributed by atoms with Crippen LogP contribution in [0.2, 0.25) is 0 Å². The molecule has 1 amide bonds. The Morgan fingerprint density at radius 3 is 2.48 bits per heavy atom. The van der Waals surface area contributed by atoms with Gasteiger partial charge in [0.1, 0.15) is 12.4 Å². The maximum atomic E-state index is 12.6. The van der Waals surface area contributed by atoms with Crippen molar-refractivity contribution in [3.8, 4) is 16.9 Å². The zero-order valence-electron chi connectivity index (χ0n) is 19.0. The molecule has 31 heavy (non-hydrogen) atoms. The second kappa shape index (κ2) is 9.75. The van der Waals surface area contributed by atoms with Gasteiger partial charge in [0.05, 0.1) is 18.0 Å². The van der Waals surface area contributed by atoms with E-state index in [4.69, 9.17) is 9.47 Å².